The summed E-state index contributed by atoms with van der Waals surface area (Å²) in [5.74, 6) is -3.29. The van der Waals surface area contributed by atoms with E-state index in [1.807, 2.05) is 49.4 Å². The van der Waals surface area contributed by atoms with E-state index in [2.05, 4.69) is 15.9 Å². The molecule has 4 heterocycles. The second-order valence-electron chi connectivity index (χ2n) is 12.8. The number of rotatable bonds is 5. The second-order valence-corrected chi connectivity index (χ2v) is 13.7. The van der Waals surface area contributed by atoms with E-state index in [-0.39, 0.29) is 18.9 Å². The molecule has 8 atom stereocenters. The number of aliphatic hydroxyl groups is 1. The number of carbonyl (C=O) groups is 4. The van der Waals surface area contributed by atoms with Crippen LogP contribution in [0.2, 0.25) is 0 Å². The fourth-order valence-electron chi connectivity index (χ4n) is 7.40. The number of likely N-dealkylation sites (N-methyl/N-ethyl adjacent to an activating group) is 1. The number of nitrogens with zero attached hydrogens (tertiary/aromatic N) is 3. The molecule has 254 valence electrons. The molecule has 12 heteroatoms. The standard InChI is InChI=1S/C36H40BrN3O8/c1-21(20-41)40-32-34(44)39(24-14-16-25(46-4)17-15-24)18-10-6-9-13-27(42)38(3)22(2)30(23-11-7-5-8-12-23)47-35(45)28-29(33(40)43)36(32)19-26(37)31(28)48-36/h5-8,10-12,14-17,19,21-22,28-32,41H,9,13,18,20H2,1-4H3/b10-6-/t21-,22+,28-,29+,30-,31-,32-,36+/m1/s1. The van der Waals surface area contributed by atoms with Crippen LogP contribution in [0.3, 0.4) is 0 Å². The van der Waals surface area contributed by atoms with E-state index in [0.29, 0.717) is 27.9 Å². The van der Waals surface area contributed by atoms with Crippen molar-refractivity contribution >= 4 is 45.3 Å². The molecule has 0 aromatic heterocycles. The zero-order valence-electron chi connectivity index (χ0n) is 27.3. The van der Waals surface area contributed by atoms with Crippen LogP contribution in [0.5, 0.6) is 5.75 Å². The summed E-state index contributed by atoms with van der Waals surface area (Å²) in [5, 5.41) is 10.3. The number of cyclic esters (lactones) is 1. The lowest BCUT2D eigenvalue weighted by Gasteiger charge is -2.37. The molecule has 0 aliphatic carbocycles. The maximum atomic E-state index is 14.9. The number of hydrogen-bond acceptors (Lipinski definition) is 8. The number of benzene rings is 2. The summed E-state index contributed by atoms with van der Waals surface area (Å²) in [6.45, 7) is 3.22. The van der Waals surface area contributed by atoms with Crippen molar-refractivity contribution in [2.24, 2.45) is 11.8 Å². The number of anilines is 1. The molecule has 1 N–H and O–H groups in total. The smallest absolute Gasteiger partial charge is 0.313 e. The van der Waals surface area contributed by atoms with Crippen molar-refractivity contribution in [3.63, 3.8) is 0 Å². The van der Waals surface area contributed by atoms with Crippen LogP contribution in [0.4, 0.5) is 5.69 Å². The highest BCUT2D eigenvalue weighted by Gasteiger charge is 2.75. The van der Waals surface area contributed by atoms with Crippen LogP contribution in [0.1, 0.15) is 38.4 Å². The van der Waals surface area contributed by atoms with Crippen LogP contribution in [-0.2, 0) is 28.7 Å². The molecule has 2 fully saturated rings. The molecule has 0 radical (unpaired) electrons. The van der Waals surface area contributed by atoms with Gasteiger partial charge in [-0.05, 0) is 56.2 Å². The van der Waals surface area contributed by atoms with Crippen LogP contribution in [0.25, 0.3) is 0 Å². The van der Waals surface area contributed by atoms with E-state index < -0.39 is 72.2 Å². The minimum atomic E-state index is -1.51. The highest BCUT2D eigenvalue weighted by molar-refractivity contribution is 9.11. The van der Waals surface area contributed by atoms with Gasteiger partial charge in [0.25, 0.3) is 5.91 Å². The van der Waals surface area contributed by atoms with Gasteiger partial charge in [0, 0.05) is 30.2 Å². The number of likely N-dealkylation sites (tertiary alicyclic amines) is 1. The van der Waals surface area contributed by atoms with Gasteiger partial charge in [-0.15, -0.1) is 0 Å². The molecule has 2 saturated heterocycles. The van der Waals surface area contributed by atoms with E-state index >= 15 is 0 Å². The molecule has 5 bridgehead atoms. The van der Waals surface area contributed by atoms with Crippen LogP contribution in [0.15, 0.2) is 77.3 Å². The van der Waals surface area contributed by atoms with E-state index in [1.54, 1.807) is 61.2 Å². The average molecular weight is 723 g/mol. The maximum absolute atomic E-state index is 14.9. The topological polar surface area (TPSA) is 126 Å². The Hall–Kier alpha value is -4.00. The summed E-state index contributed by atoms with van der Waals surface area (Å²) < 4.78 is 18.7. The molecule has 11 nitrogen and oxygen atoms in total. The molecular formula is C36H40BrN3O8. The molecule has 3 amide bonds. The summed E-state index contributed by atoms with van der Waals surface area (Å²) in [6, 6.07) is 13.7. The van der Waals surface area contributed by atoms with Gasteiger partial charge in [-0.3, -0.25) is 19.2 Å². The molecule has 48 heavy (non-hydrogen) atoms. The van der Waals surface area contributed by atoms with Crippen molar-refractivity contribution in [1.29, 1.82) is 0 Å². The summed E-state index contributed by atoms with van der Waals surface area (Å²) >= 11 is 3.58. The van der Waals surface area contributed by atoms with Crippen molar-refractivity contribution in [3.05, 3.63) is 82.9 Å². The number of methoxy groups -OCH3 is 1. The van der Waals surface area contributed by atoms with Crippen molar-refractivity contribution in [1.82, 2.24) is 9.80 Å². The summed E-state index contributed by atoms with van der Waals surface area (Å²) in [6.07, 6.45) is 4.33. The minimum absolute atomic E-state index is 0.132. The Morgan fingerprint density at radius 3 is 2.40 bits per heavy atom. The second kappa shape index (κ2) is 13.5. The lowest BCUT2D eigenvalue weighted by atomic mass is 9.74. The number of ether oxygens (including phenoxy) is 3. The Morgan fingerprint density at radius 1 is 1.02 bits per heavy atom. The van der Waals surface area contributed by atoms with Gasteiger partial charge in [0.15, 0.2) is 0 Å². The third kappa shape index (κ3) is 5.63. The van der Waals surface area contributed by atoms with E-state index in [1.165, 1.54) is 4.90 Å². The Bertz CT molecular complexity index is 1630. The fourth-order valence-corrected chi connectivity index (χ4v) is 8.14. The number of allylic oxidation sites excluding steroid dienone is 1. The number of fused-ring (bicyclic) bond motifs is 2. The molecule has 4 aliphatic rings. The average Bonchev–Trinajstić information content (AvgIpc) is 3.70. The van der Waals surface area contributed by atoms with Gasteiger partial charge in [-0.25, -0.2) is 0 Å². The normalized spacial score (nSPS) is 32.2. The van der Waals surface area contributed by atoms with Gasteiger partial charge in [0.2, 0.25) is 11.8 Å². The summed E-state index contributed by atoms with van der Waals surface area (Å²) in [5.41, 5.74) is -0.261. The van der Waals surface area contributed by atoms with Crippen LogP contribution in [-0.4, -0.2) is 95.7 Å². The predicted molar refractivity (Wildman–Crippen MR) is 180 cm³/mol. The Morgan fingerprint density at radius 2 is 1.73 bits per heavy atom. The number of aliphatic hydroxyl groups excluding tert-OH is 1. The van der Waals surface area contributed by atoms with Gasteiger partial charge in [-0.2, -0.15) is 0 Å². The zero-order chi connectivity index (χ0) is 34.3. The summed E-state index contributed by atoms with van der Waals surface area (Å²) in [7, 11) is 3.24. The number of halogens is 1. The Labute approximate surface area is 288 Å². The molecular weight excluding hydrogens is 682 g/mol. The molecule has 1 spiro atoms. The third-order valence-corrected chi connectivity index (χ3v) is 10.7. The molecule has 2 aromatic carbocycles. The van der Waals surface area contributed by atoms with Crippen LogP contribution < -0.4 is 9.64 Å². The fraction of sp³-hybridized carbons (Fsp3) is 0.444. The van der Waals surface area contributed by atoms with Gasteiger partial charge < -0.3 is 34.0 Å². The first-order valence-electron chi connectivity index (χ1n) is 16.1. The molecule has 2 aromatic rings. The maximum Gasteiger partial charge on any atom is 0.313 e. The summed E-state index contributed by atoms with van der Waals surface area (Å²) in [4.78, 5) is 61.6. The first kappa shape index (κ1) is 33.9. The first-order chi connectivity index (χ1) is 23.0. The minimum Gasteiger partial charge on any atom is -0.497 e. The van der Waals surface area contributed by atoms with Gasteiger partial charge in [-0.1, -0.05) is 58.4 Å². The first-order valence-corrected chi connectivity index (χ1v) is 16.9. The van der Waals surface area contributed by atoms with Crippen molar-refractivity contribution < 1.29 is 38.5 Å². The van der Waals surface area contributed by atoms with Crippen LogP contribution in [0, 0.1) is 11.8 Å². The van der Waals surface area contributed by atoms with Crippen molar-refractivity contribution in [2.45, 2.75) is 62.6 Å². The monoisotopic (exact) mass is 721 g/mol. The van der Waals surface area contributed by atoms with E-state index in [9.17, 15) is 24.3 Å². The third-order valence-electron chi connectivity index (χ3n) is 10.1. The largest absolute Gasteiger partial charge is 0.497 e. The highest BCUT2D eigenvalue weighted by Crippen LogP contribution is 2.59. The van der Waals surface area contributed by atoms with E-state index in [0.717, 1.165) is 0 Å². The van der Waals surface area contributed by atoms with Gasteiger partial charge in [0.1, 0.15) is 35.5 Å². The Kier molecular flexibility index (Phi) is 9.52. The molecule has 4 aliphatic heterocycles. The molecule has 0 unspecified atom stereocenters. The number of esters is 1. The number of hydrogen-bond donors (Lipinski definition) is 1. The molecule has 0 saturated carbocycles. The quantitative estimate of drug-likeness (QED) is 0.366. The number of amides is 3. The SMILES string of the molecule is COc1ccc(N2C/C=C\CCC(=O)N(C)[C@@H](C)[C@H](c3ccccc3)OC(=O)[C@H]3[C@@H]4O[C@@]5(C=C4Br)[C@@H]3C(=O)N([C@H](C)CO)[C@@H]5C2=O)cc1. The highest BCUT2D eigenvalue weighted by atomic mass is 79.9. The lowest BCUT2D eigenvalue weighted by molar-refractivity contribution is -0.164. The molecule has 6 rings (SSSR count). The van der Waals surface area contributed by atoms with Gasteiger partial charge >= 0.3 is 5.97 Å². The van der Waals surface area contributed by atoms with Gasteiger partial charge in [0.05, 0.1) is 31.7 Å². The van der Waals surface area contributed by atoms with Crippen LogP contribution >= 0.6 is 15.9 Å². The number of carbonyl (C=O) groups excluding carboxylic acids is 4. The van der Waals surface area contributed by atoms with Crippen molar-refractivity contribution in [2.75, 3.05) is 32.2 Å². The van der Waals surface area contributed by atoms with Crippen molar-refractivity contribution in [3.8, 4) is 5.75 Å². The Balaban J connectivity index is 1.49. The zero-order valence-corrected chi connectivity index (χ0v) is 28.9. The lowest BCUT2D eigenvalue weighted by Crippen LogP contribution is -2.58. The predicted octanol–water partition coefficient (Wildman–Crippen LogP) is 3.76. The van der Waals surface area contributed by atoms with E-state index in [4.69, 9.17) is 14.2 Å².